The Bertz CT molecular complexity index is 508. The predicted octanol–water partition coefficient (Wildman–Crippen LogP) is 2.12. The van der Waals surface area contributed by atoms with Crippen molar-refractivity contribution in [3.8, 4) is 0 Å². The highest BCUT2D eigenvalue weighted by molar-refractivity contribution is 6.08. The highest BCUT2D eigenvalue weighted by atomic mass is 16.2. The van der Waals surface area contributed by atoms with Gasteiger partial charge in [0.05, 0.1) is 0 Å². The van der Waals surface area contributed by atoms with Crippen molar-refractivity contribution in [2.45, 2.75) is 46.2 Å². The topological polar surface area (TPSA) is 49.4 Å². The third-order valence-electron chi connectivity index (χ3n) is 3.86. The molecule has 1 fully saturated rings. The minimum Gasteiger partial charge on any atom is -0.342 e. The summed E-state index contributed by atoms with van der Waals surface area (Å²) in [6.45, 7) is 7.73. The summed E-state index contributed by atoms with van der Waals surface area (Å²) >= 11 is 0. The van der Waals surface area contributed by atoms with Crippen LogP contribution in [-0.4, -0.2) is 23.9 Å². The number of anilines is 1. The van der Waals surface area contributed by atoms with Crippen molar-refractivity contribution in [3.05, 3.63) is 29.8 Å². The molecule has 0 bridgehead atoms. The fourth-order valence-electron chi connectivity index (χ4n) is 2.49. The van der Waals surface area contributed by atoms with Crippen LogP contribution in [0.5, 0.6) is 0 Å². The lowest BCUT2D eigenvalue weighted by Crippen LogP contribution is -2.64. The van der Waals surface area contributed by atoms with E-state index in [1.807, 2.05) is 38.1 Å². The van der Waals surface area contributed by atoms with E-state index in [9.17, 15) is 9.59 Å². The zero-order valence-electron chi connectivity index (χ0n) is 12.5. The van der Waals surface area contributed by atoms with Gasteiger partial charge in [-0.15, -0.1) is 0 Å². The molecule has 2 rings (SSSR count). The second kappa shape index (κ2) is 5.65. The van der Waals surface area contributed by atoms with Crippen LogP contribution in [0.3, 0.4) is 0 Å². The second-order valence-electron chi connectivity index (χ2n) is 5.63. The van der Waals surface area contributed by atoms with Crippen LogP contribution in [0.4, 0.5) is 5.69 Å². The maximum atomic E-state index is 12.6. The van der Waals surface area contributed by atoms with E-state index >= 15 is 0 Å². The molecule has 1 aliphatic rings. The van der Waals surface area contributed by atoms with E-state index in [2.05, 4.69) is 12.2 Å². The van der Waals surface area contributed by atoms with Crippen molar-refractivity contribution in [2.24, 2.45) is 5.92 Å². The number of amides is 2. The number of hydrogen-bond acceptors (Lipinski definition) is 2. The van der Waals surface area contributed by atoms with Gasteiger partial charge in [-0.1, -0.05) is 32.9 Å². The summed E-state index contributed by atoms with van der Waals surface area (Å²) in [5, 5.41) is 2.81. The first-order valence-corrected chi connectivity index (χ1v) is 7.18. The molecule has 1 N–H and O–H groups in total. The van der Waals surface area contributed by atoms with Crippen LogP contribution < -0.4 is 10.2 Å². The van der Waals surface area contributed by atoms with Crippen molar-refractivity contribution in [1.82, 2.24) is 5.32 Å². The van der Waals surface area contributed by atoms with Gasteiger partial charge in [-0.05, 0) is 37.0 Å². The Kier molecular flexibility index (Phi) is 4.12. The molecule has 0 aliphatic carbocycles. The van der Waals surface area contributed by atoms with Gasteiger partial charge in [0.25, 0.3) is 5.91 Å². The van der Waals surface area contributed by atoms with Gasteiger partial charge in [-0.3, -0.25) is 14.5 Å². The van der Waals surface area contributed by atoms with Crippen LogP contribution in [0.1, 0.15) is 33.3 Å². The quantitative estimate of drug-likeness (QED) is 0.918. The number of rotatable bonds is 3. The Balaban J connectivity index is 2.35. The molecule has 4 nitrogen and oxygen atoms in total. The number of piperazine rings is 1. The van der Waals surface area contributed by atoms with Gasteiger partial charge < -0.3 is 5.32 Å². The van der Waals surface area contributed by atoms with E-state index in [1.54, 1.807) is 11.8 Å². The highest BCUT2D eigenvalue weighted by Gasteiger charge is 2.40. The maximum Gasteiger partial charge on any atom is 0.250 e. The first-order chi connectivity index (χ1) is 9.45. The molecule has 108 valence electrons. The van der Waals surface area contributed by atoms with E-state index in [4.69, 9.17) is 0 Å². The molecular weight excluding hydrogens is 252 g/mol. The molecule has 1 aliphatic heterocycles. The van der Waals surface area contributed by atoms with E-state index in [1.165, 1.54) is 5.56 Å². The highest BCUT2D eigenvalue weighted by Crippen LogP contribution is 2.24. The van der Waals surface area contributed by atoms with Crippen molar-refractivity contribution in [2.75, 3.05) is 4.90 Å². The van der Waals surface area contributed by atoms with Gasteiger partial charge in [-0.2, -0.15) is 0 Å². The van der Waals surface area contributed by atoms with Gasteiger partial charge >= 0.3 is 0 Å². The van der Waals surface area contributed by atoms with Crippen molar-refractivity contribution < 1.29 is 9.59 Å². The fourth-order valence-corrected chi connectivity index (χ4v) is 2.49. The third kappa shape index (κ3) is 2.55. The minimum absolute atomic E-state index is 0.0312. The molecule has 20 heavy (non-hydrogen) atoms. The van der Waals surface area contributed by atoms with Gasteiger partial charge in [0.15, 0.2) is 0 Å². The molecule has 1 saturated heterocycles. The Morgan fingerprint density at radius 3 is 2.30 bits per heavy atom. The number of carbonyl (C=O) groups is 2. The van der Waals surface area contributed by atoms with Gasteiger partial charge in [-0.25, -0.2) is 0 Å². The van der Waals surface area contributed by atoms with E-state index in [-0.39, 0.29) is 17.7 Å². The average molecular weight is 274 g/mol. The smallest absolute Gasteiger partial charge is 0.250 e. The molecule has 0 radical (unpaired) electrons. The summed E-state index contributed by atoms with van der Waals surface area (Å²) in [5.74, 6) is -0.0458. The largest absolute Gasteiger partial charge is 0.342 e. The van der Waals surface area contributed by atoms with Crippen molar-refractivity contribution in [1.29, 1.82) is 0 Å². The zero-order valence-corrected chi connectivity index (χ0v) is 12.5. The Morgan fingerprint density at radius 2 is 1.80 bits per heavy atom. The lowest BCUT2D eigenvalue weighted by molar-refractivity contribution is -0.134. The monoisotopic (exact) mass is 274 g/mol. The maximum absolute atomic E-state index is 12.6. The van der Waals surface area contributed by atoms with Gasteiger partial charge in [0.1, 0.15) is 12.1 Å². The number of nitrogens with one attached hydrogen (secondary N) is 1. The normalized spacial score (nSPS) is 23.1. The summed E-state index contributed by atoms with van der Waals surface area (Å²) in [6.07, 6.45) is 0.957. The van der Waals surface area contributed by atoms with Crippen LogP contribution >= 0.6 is 0 Å². The number of nitrogens with zero attached hydrogens (tertiary/aromatic N) is 1. The summed E-state index contributed by atoms with van der Waals surface area (Å²) in [4.78, 5) is 26.3. The lowest BCUT2D eigenvalue weighted by atomic mass is 9.97. The van der Waals surface area contributed by atoms with Crippen LogP contribution in [-0.2, 0) is 16.0 Å². The first-order valence-electron chi connectivity index (χ1n) is 7.18. The Hall–Kier alpha value is -1.84. The molecule has 1 heterocycles. The standard InChI is InChI=1S/C16H22N2O2/c1-5-12-6-8-13(9-7-12)18-11(4)15(19)17-14(10(2)3)16(18)20/h6-11,14H,5H2,1-4H3,(H,17,19). The Labute approximate surface area is 120 Å². The summed E-state index contributed by atoms with van der Waals surface area (Å²) in [6, 6.07) is 6.94. The van der Waals surface area contributed by atoms with Gasteiger partial charge in [0, 0.05) is 5.69 Å². The average Bonchev–Trinajstić information content (AvgIpc) is 2.43. The molecular formula is C16H22N2O2. The number of benzene rings is 1. The summed E-state index contributed by atoms with van der Waals surface area (Å²) in [7, 11) is 0. The van der Waals surface area contributed by atoms with E-state index < -0.39 is 12.1 Å². The molecule has 2 amide bonds. The molecule has 4 heteroatoms. The second-order valence-corrected chi connectivity index (χ2v) is 5.63. The summed E-state index contributed by atoms with van der Waals surface area (Å²) < 4.78 is 0. The van der Waals surface area contributed by atoms with Crippen molar-refractivity contribution in [3.63, 3.8) is 0 Å². The fraction of sp³-hybridized carbons (Fsp3) is 0.500. The van der Waals surface area contributed by atoms with E-state index in [0.717, 1.165) is 12.1 Å². The molecule has 1 aromatic carbocycles. The molecule has 0 spiro atoms. The van der Waals surface area contributed by atoms with Crippen LogP contribution in [0.2, 0.25) is 0 Å². The van der Waals surface area contributed by atoms with Crippen molar-refractivity contribution >= 4 is 17.5 Å². The van der Waals surface area contributed by atoms with Gasteiger partial charge in [0.2, 0.25) is 5.91 Å². The number of carbonyl (C=O) groups excluding carboxylic acids is 2. The zero-order chi connectivity index (χ0) is 14.9. The molecule has 2 unspecified atom stereocenters. The minimum atomic E-state index is -0.468. The molecule has 1 aromatic rings. The number of aryl methyl sites for hydroxylation is 1. The SMILES string of the molecule is CCc1ccc(N2C(=O)C(C(C)C)NC(=O)C2C)cc1. The van der Waals surface area contributed by atoms with Crippen LogP contribution in [0, 0.1) is 5.92 Å². The number of hydrogen-bond donors (Lipinski definition) is 1. The van der Waals surface area contributed by atoms with Crippen LogP contribution in [0.15, 0.2) is 24.3 Å². The lowest BCUT2D eigenvalue weighted by Gasteiger charge is -2.38. The molecule has 0 saturated carbocycles. The first kappa shape index (κ1) is 14.6. The molecule has 2 atom stereocenters. The summed E-state index contributed by atoms with van der Waals surface area (Å²) in [5.41, 5.74) is 2.01. The predicted molar refractivity (Wildman–Crippen MR) is 79.5 cm³/mol. The van der Waals surface area contributed by atoms with Crippen LogP contribution in [0.25, 0.3) is 0 Å². The van der Waals surface area contributed by atoms with E-state index in [0.29, 0.717) is 0 Å². The molecule has 0 aromatic heterocycles. The third-order valence-corrected chi connectivity index (χ3v) is 3.86. The Morgan fingerprint density at radius 1 is 1.20 bits per heavy atom.